The minimum Gasteiger partial charge on any atom is -0.339 e. The van der Waals surface area contributed by atoms with Crippen LogP contribution >= 0.6 is 0 Å². The van der Waals surface area contributed by atoms with E-state index in [0.29, 0.717) is 23.2 Å². The summed E-state index contributed by atoms with van der Waals surface area (Å²) in [4.78, 5) is 28.9. The molecule has 1 heterocycles. The zero-order valence-corrected chi connectivity index (χ0v) is 14.8. The van der Waals surface area contributed by atoms with E-state index in [4.69, 9.17) is 0 Å². The maximum Gasteiger partial charge on any atom is 0.253 e. The highest BCUT2D eigenvalue weighted by molar-refractivity contribution is 5.98. The molecule has 24 heavy (non-hydrogen) atoms. The van der Waals surface area contributed by atoms with Gasteiger partial charge in [-0.25, -0.2) is 0 Å². The lowest BCUT2D eigenvalue weighted by atomic mass is 10.0. The molecule has 130 valence electrons. The van der Waals surface area contributed by atoms with Crippen LogP contribution in [0.3, 0.4) is 0 Å². The first kappa shape index (κ1) is 17.0. The van der Waals surface area contributed by atoms with Gasteiger partial charge in [0, 0.05) is 36.3 Å². The van der Waals surface area contributed by atoms with Crippen LogP contribution in [0.15, 0.2) is 24.3 Å². The number of likely N-dealkylation sites (tertiary alicyclic amines) is 1. The van der Waals surface area contributed by atoms with Gasteiger partial charge in [0.2, 0.25) is 5.91 Å². The maximum absolute atomic E-state index is 12.7. The Morgan fingerprint density at radius 1 is 1.21 bits per heavy atom. The van der Waals surface area contributed by atoms with E-state index < -0.39 is 0 Å². The summed E-state index contributed by atoms with van der Waals surface area (Å²) in [5.74, 6) is 0.740. The fraction of sp³-hybridized carbons (Fsp3) is 0.579. The summed E-state index contributed by atoms with van der Waals surface area (Å²) in [5.41, 5.74) is 1.37. The average molecular weight is 329 g/mol. The molecule has 1 aliphatic heterocycles. The van der Waals surface area contributed by atoms with Gasteiger partial charge in [-0.1, -0.05) is 13.0 Å². The van der Waals surface area contributed by atoms with Gasteiger partial charge in [-0.2, -0.15) is 0 Å². The highest BCUT2D eigenvalue weighted by atomic mass is 16.2. The second-order valence-electron chi connectivity index (χ2n) is 7.38. The molecule has 2 aliphatic rings. The molecule has 1 N–H and O–H groups in total. The summed E-state index contributed by atoms with van der Waals surface area (Å²) in [6, 6.07) is 7.87. The lowest BCUT2D eigenvalue weighted by Crippen LogP contribution is -2.44. The van der Waals surface area contributed by atoms with Gasteiger partial charge in [-0.15, -0.1) is 0 Å². The van der Waals surface area contributed by atoms with E-state index in [-0.39, 0.29) is 17.7 Å². The molecule has 5 heteroatoms. The standard InChI is InChI=1S/C19H27N3O2/c1-13-11-17(13)18(23)20-15-6-4-5-14(12-15)19(24)22-9-7-16(8-10-22)21(2)3/h4-6,12-13,16-17H,7-11H2,1-3H3,(H,20,23)/t13-,17-/m1/s1. The van der Waals surface area contributed by atoms with Crippen molar-refractivity contribution in [3.05, 3.63) is 29.8 Å². The third kappa shape index (κ3) is 3.78. The number of nitrogens with one attached hydrogen (secondary N) is 1. The van der Waals surface area contributed by atoms with Crippen molar-refractivity contribution < 1.29 is 9.59 Å². The van der Waals surface area contributed by atoms with Crippen LogP contribution in [0.4, 0.5) is 5.69 Å². The number of hydrogen-bond acceptors (Lipinski definition) is 3. The molecule has 2 fully saturated rings. The van der Waals surface area contributed by atoms with Crippen LogP contribution < -0.4 is 5.32 Å². The van der Waals surface area contributed by atoms with Crippen LogP contribution in [0.25, 0.3) is 0 Å². The van der Waals surface area contributed by atoms with Crippen molar-refractivity contribution in [3.63, 3.8) is 0 Å². The Labute approximate surface area is 144 Å². The van der Waals surface area contributed by atoms with E-state index in [1.54, 1.807) is 6.07 Å². The normalized spacial score (nSPS) is 24.1. The lowest BCUT2D eigenvalue weighted by molar-refractivity contribution is -0.117. The van der Waals surface area contributed by atoms with Crippen molar-refractivity contribution in [2.75, 3.05) is 32.5 Å². The van der Waals surface area contributed by atoms with Crippen LogP contribution in [0, 0.1) is 11.8 Å². The topological polar surface area (TPSA) is 52.7 Å². The molecule has 1 aromatic rings. The number of benzene rings is 1. The van der Waals surface area contributed by atoms with E-state index in [9.17, 15) is 9.59 Å². The van der Waals surface area contributed by atoms with Gasteiger partial charge in [-0.3, -0.25) is 9.59 Å². The zero-order valence-electron chi connectivity index (χ0n) is 14.8. The van der Waals surface area contributed by atoms with Crippen molar-refractivity contribution in [2.24, 2.45) is 11.8 Å². The maximum atomic E-state index is 12.7. The summed E-state index contributed by atoms with van der Waals surface area (Å²) in [5, 5.41) is 2.94. The molecule has 0 spiro atoms. The van der Waals surface area contributed by atoms with E-state index in [0.717, 1.165) is 32.4 Å². The molecule has 3 rings (SSSR count). The first-order valence-electron chi connectivity index (χ1n) is 8.82. The van der Waals surface area contributed by atoms with E-state index >= 15 is 0 Å². The molecule has 1 saturated carbocycles. The largest absolute Gasteiger partial charge is 0.339 e. The van der Waals surface area contributed by atoms with Crippen molar-refractivity contribution >= 4 is 17.5 Å². The minimum absolute atomic E-state index is 0.0584. The number of nitrogens with zero attached hydrogens (tertiary/aromatic N) is 2. The molecule has 1 aromatic carbocycles. The summed E-state index contributed by atoms with van der Waals surface area (Å²) < 4.78 is 0. The van der Waals surface area contributed by atoms with Crippen LogP contribution in [-0.2, 0) is 4.79 Å². The molecule has 1 aliphatic carbocycles. The first-order valence-corrected chi connectivity index (χ1v) is 8.82. The fourth-order valence-electron chi connectivity index (χ4n) is 3.42. The molecular weight excluding hydrogens is 302 g/mol. The molecular formula is C19H27N3O2. The summed E-state index contributed by atoms with van der Waals surface area (Å²) >= 11 is 0. The molecule has 0 aromatic heterocycles. The van der Waals surface area contributed by atoms with Gasteiger partial charge in [0.15, 0.2) is 0 Å². The highest BCUT2D eigenvalue weighted by Crippen LogP contribution is 2.38. The number of amides is 2. The van der Waals surface area contributed by atoms with Gasteiger partial charge in [0.05, 0.1) is 0 Å². The van der Waals surface area contributed by atoms with Crippen molar-refractivity contribution in [1.82, 2.24) is 9.80 Å². The number of piperidine rings is 1. The lowest BCUT2D eigenvalue weighted by Gasteiger charge is -2.35. The third-order valence-corrected chi connectivity index (χ3v) is 5.31. The molecule has 0 radical (unpaired) electrons. The van der Waals surface area contributed by atoms with Gasteiger partial charge >= 0.3 is 0 Å². The SMILES string of the molecule is C[C@@H]1C[C@H]1C(=O)Nc1cccc(C(=O)N2CCC(N(C)C)CC2)c1. The molecule has 5 nitrogen and oxygen atoms in total. The number of hydrogen-bond donors (Lipinski definition) is 1. The highest BCUT2D eigenvalue weighted by Gasteiger charge is 2.39. The first-order chi connectivity index (χ1) is 11.5. The Morgan fingerprint density at radius 3 is 2.46 bits per heavy atom. The number of carbonyl (C=O) groups excluding carboxylic acids is 2. The van der Waals surface area contributed by atoms with Gasteiger partial charge in [0.1, 0.15) is 0 Å². The average Bonchev–Trinajstić information content (AvgIpc) is 3.31. The second-order valence-corrected chi connectivity index (χ2v) is 7.38. The third-order valence-electron chi connectivity index (χ3n) is 5.31. The van der Waals surface area contributed by atoms with E-state index in [1.807, 2.05) is 23.1 Å². The molecule has 2 amide bonds. The van der Waals surface area contributed by atoms with E-state index in [2.05, 4.69) is 31.2 Å². The Balaban J connectivity index is 1.61. The summed E-state index contributed by atoms with van der Waals surface area (Å²) in [7, 11) is 4.18. The predicted octanol–water partition coefficient (Wildman–Crippen LogP) is 2.45. The Kier molecular flexibility index (Phi) is 4.90. The summed E-state index contributed by atoms with van der Waals surface area (Å²) in [6.07, 6.45) is 2.98. The van der Waals surface area contributed by atoms with Crippen LogP contribution in [0.1, 0.15) is 36.5 Å². The molecule has 1 saturated heterocycles. The fourth-order valence-corrected chi connectivity index (χ4v) is 3.42. The van der Waals surface area contributed by atoms with Crippen LogP contribution in [0.5, 0.6) is 0 Å². The smallest absolute Gasteiger partial charge is 0.253 e. The number of rotatable bonds is 4. The minimum atomic E-state index is 0.0584. The van der Waals surface area contributed by atoms with Gasteiger partial charge < -0.3 is 15.1 Å². The van der Waals surface area contributed by atoms with Gasteiger partial charge in [-0.05, 0) is 57.5 Å². The Morgan fingerprint density at radius 2 is 1.88 bits per heavy atom. The molecule has 2 atom stereocenters. The van der Waals surface area contributed by atoms with Crippen LogP contribution in [-0.4, -0.2) is 54.8 Å². The number of anilines is 1. The van der Waals surface area contributed by atoms with Crippen molar-refractivity contribution in [2.45, 2.75) is 32.2 Å². The Hall–Kier alpha value is -1.88. The molecule has 0 bridgehead atoms. The monoisotopic (exact) mass is 329 g/mol. The van der Waals surface area contributed by atoms with Gasteiger partial charge in [0.25, 0.3) is 5.91 Å². The zero-order chi connectivity index (χ0) is 17.3. The number of carbonyl (C=O) groups is 2. The quantitative estimate of drug-likeness (QED) is 0.923. The van der Waals surface area contributed by atoms with Crippen LogP contribution in [0.2, 0.25) is 0 Å². The predicted molar refractivity (Wildman–Crippen MR) is 95.0 cm³/mol. The van der Waals surface area contributed by atoms with E-state index in [1.165, 1.54) is 0 Å². The molecule has 0 unspecified atom stereocenters. The van der Waals surface area contributed by atoms with Crippen molar-refractivity contribution in [3.8, 4) is 0 Å². The second kappa shape index (κ2) is 6.93. The summed E-state index contributed by atoms with van der Waals surface area (Å²) in [6.45, 7) is 3.66. The van der Waals surface area contributed by atoms with Crippen molar-refractivity contribution in [1.29, 1.82) is 0 Å². The Bertz CT molecular complexity index is 621.